The molecule has 0 amide bonds. The van der Waals surface area contributed by atoms with E-state index in [1.165, 1.54) is 29.2 Å². The van der Waals surface area contributed by atoms with Crippen molar-refractivity contribution in [2.75, 3.05) is 37.6 Å². The van der Waals surface area contributed by atoms with E-state index >= 15 is 0 Å². The number of Topliss-reactive ketones (excluding diaryl/α,β-unsaturated/α-hetero) is 1. The number of phosphoric acid groups is 1. The number of fused-ring (bicyclic) bond motifs is 1. The summed E-state index contributed by atoms with van der Waals surface area (Å²) in [5.41, 5.74) is -2.39. The molecule has 4 N–H and O–H groups in total. The van der Waals surface area contributed by atoms with Crippen molar-refractivity contribution in [2.24, 2.45) is 16.7 Å². The number of hydrazine groups is 1. The van der Waals surface area contributed by atoms with Crippen molar-refractivity contribution in [3.8, 4) is 0 Å². The van der Waals surface area contributed by atoms with Gasteiger partial charge in [-0.05, 0) is 6.92 Å². The van der Waals surface area contributed by atoms with Crippen molar-refractivity contribution in [1.29, 1.82) is 0 Å². The number of nitrogens with zero attached hydrogens (tertiary/aromatic N) is 5. The molecule has 0 spiro atoms. The molecule has 43 heavy (non-hydrogen) atoms. The Balaban J connectivity index is 1.73. The molecule has 5 atom stereocenters. The van der Waals surface area contributed by atoms with E-state index in [4.69, 9.17) is 24.2 Å². The van der Waals surface area contributed by atoms with Crippen molar-refractivity contribution in [1.82, 2.24) is 19.5 Å². The van der Waals surface area contributed by atoms with Crippen LogP contribution in [0.3, 0.4) is 0 Å². The molecule has 0 saturated carbocycles. The quantitative estimate of drug-likeness (QED) is 0.124. The first-order valence-corrected chi connectivity index (χ1v) is 16.2. The minimum Gasteiger partial charge on any atom is -0.387 e. The summed E-state index contributed by atoms with van der Waals surface area (Å²) in [7, 11) is -2.71. The molecule has 2 aromatic heterocycles. The second-order valence-corrected chi connectivity index (χ2v) is 15.3. The first-order valence-electron chi connectivity index (χ1n) is 13.7. The normalized spacial score (nSPS) is 24.3. The number of nitrogens with two attached hydrogens (primary N) is 1. The summed E-state index contributed by atoms with van der Waals surface area (Å²) in [5.74, 6) is 6.25. The van der Waals surface area contributed by atoms with Crippen molar-refractivity contribution < 1.29 is 42.7 Å². The fourth-order valence-corrected chi connectivity index (χ4v) is 6.14. The van der Waals surface area contributed by atoms with Crippen molar-refractivity contribution >= 4 is 47.5 Å². The number of phosphoric ester groups is 1. The number of aliphatic hydroxyl groups is 2. The zero-order valence-corrected chi connectivity index (χ0v) is 27.6. The van der Waals surface area contributed by atoms with Crippen molar-refractivity contribution in [3.63, 3.8) is 0 Å². The van der Waals surface area contributed by atoms with Crippen LogP contribution in [0.2, 0.25) is 0 Å². The van der Waals surface area contributed by atoms with Gasteiger partial charge in [0.25, 0.3) is 0 Å². The van der Waals surface area contributed by atoms with E-state index in [9.17, 15) is 24.4 Å². The maximum atomic E-state index is 13.6. The first kappa shape index (κ1) is 35.5. The Bertz CT molecular complexity index is 1340. The maximum absolute atomic E-state index is 13.6. The zero-order chi connectivity index (χ0) is 32.4. The van der Waals surface area contributed by atoms with E-state index in [2.05, 4.69) is 15.0 Å². The number of hydrogen-bond acceptors (Lipinski definition) is 15. The van der Waals surface area contributed by atoms with Crippen LogP contribution in [0, 0.1) is 10.8 Å². The van der Waals surface area contributed by atoms with Crippen LogP contribution in [-0.2, 0) is 32.5 Å². The Morgan fingerprint density at radius 1 is 1.14 bits per heavy atom. The summed E-state index contributed by atoms with van der Waals surface area (Å²) in [6.45, 7) is 11.1. The molecule has 1 fully saturated rings. The monoisotopic (exact) mass is 646 g/mol. The van der Waals surface area contributed by atoms with Crippen LogP contribution in [0.1, 0.15) is 61.1 Å². The van der Waals surface area contributed by atoms with E-state index < -0.39 is 49.3 Å². The first-order chi connectivity index (χ1) is 19.8. The van der Waals surface area contributed by atoms with E-state index in [0.717, 1.165) is 11.8 Å². The molecule has 1 aliphatic rings. The molecule has 242 valence electrons. The molecule has 0 bridgehead atoms. The maximum Gasteiger partial charge on any atom is 0.474 e. The molecule has 1 unspecified atom stereocenters. The van der Waals surface area contributed by atoms with Gasteiger partial charge in [0.1, 0.15) is 29.9 Å². The smallest absolute Gasteiger partial charge is 0.387 e. The van der Waals surface area contributed by atoms with Crippen LogP contribution in [0.4, 0.5) is 5.82 Å². The average Bonchev–Trinajstić information content (AvgIpc) is 3.42. The summed E-state index contributed by atoms with van der Waals surface area (Å²) >= 11 is 1.02. The van der Waals surface area contributed by atoms with Gasteiger partial charge in [-0.2, -0.15) is 0 Å². The summed E-state index contributed by atoms with van der Waals surface area (Å²) in [5, 5.41) is 23.4. The van der Waals surface area contributed by atoms with Gasteiger partial charge < -0.3 is 14.9 Å². The van der Waals surface area contributed by atoms with Gasteiger partial charge in [-0.25, -0.2) is 25.4 Å². The molecule has 0 radical (unpaired) electrons. The highest BCUT2D eigenvalue weighted by Crippen LogP contribution is 2.51. The highest BCUT2D eigenvalue weighted by atomic mass is 32.2. The number of thioether (sulfide) groups is 1. The van der Waals surface area contributed by atoms with E-state index in [-0.39, 0.29) is 36.3 Å². The van der Waals surface area contributed by atoms with Crippen LogP contribution in [0.25, 0.3) is 11.2 Å². The number of ether oxygens (including phenoxy) is 1. The number of imidazole rings is 1. The predicted molar refractivity (Wildman–Crippen MR) is 160 cm³/mol. The minimum atomic E-state index is -4.29. The number of carbonyl (C=O) groups excluding carboxylic acids is 2. The summed E-state index contributed by atoms with van der Waals surface area (Å²) in [6.07, 6.45) is -1.22. The summed E-state index contributed by atoms with van der Waals surface area (Å²) in [6, 6.07) is 0. The Morgan fingerprint density at radius 2 is 1.79 bits per heavy atom. The number of ketones is 1. The summed E-state index contributed by atoms with van der Waals surface area (Å²) in [4.78, 5) is 37.2. The molecule has 2 aromatic rings. The number of aliphatic hydroxyl groups excluding tert-OH is 1. The minimum absolute atomic E-state index is 0.0354. The molecule has 0 aliphatic carbocycles. The Labute approximate surface area is 255 Å². The highest BCUT2D eigenvalue weighted by Gasteiger charge is 2.54. The predicted octanol–water partition coefficient (Wildman–Crippen LogP) is 2.61. The molecular formula is C26H43N6O9PS. The molecule has 3 heterocycles. The Kier molecular flexibility index (Phi) is 11.2. The van der Waals surface area contributed by atoms with Gasteiger partial charge in [-0.1, -0.05) is 53.3 Å². The van der Waals surface area contributed by atoms with Gasteiger partial charge in [0.15, 0.2) is 28.3 Å². The van der Waals surface area contributed by atoms with Gasteiger partial charge in [-0.15, -0.1) is 0 Å². The lowest BCUT2D eigenvalue weighted by molar-refractivity contribution is -0.126. The second-order valence-electron chi connectivity index (χ2n) is 12.5. The third-order valence-corrected chi connectivity index (χ3v) is 9.38. The van der Waals surface area contributed by atoms with Crippen molar-refractivity contribution in [2.45, 2.75) is 78.9 Å². The lowest BCUT2D eigenvalue weighted by Gasteiger charge is -2.27. The molecular weight excluding hydrogens is 603 g/mol. The Hall–Kier alpha value is -2.01. The lowest BCUT2D eigenvalue weighted by atomic mass is 9.89. The molecule has 0 aromatic carbocycles. The molecule has 17 heteroatoms. The molecule has 1 aliphatic heterocycles. The number of aromatic nitrogens is 4. The zero-order valence-electron chi connectivity index (χ0n) is 25.8. The second kappa shape index (κ2) is 13.5. The number of hydrogen-bond donors (Lipinski definition) is 3. The number of anilines is 1. The van der Waals surface area contributed by atoms with Gasteiger partial charge in [-0.3, -0.25) is 32.7 Å². The van der Waals surface area contributed by atoms with Gasteiger partial charge >= 0.3 is 7.82 Å². The fourth-order valence-electron chi connectivity index (χ4n) is 4.05. The van der Waals surface area contributed by atoms with Gasteiger partial charge in [0.05, 0.1) is 26.1 Å². The summed E-state index contributed by atoms with van der Waals surface area (Å²) < 4.78 is 37.5. The van der Waals surface area contributed by atoms with Crippen molar-refractivity contribution in [3.05, 3.63) is 12.7 Å². The largest absolute Gasteiger partial charge is 0.474 e. The third kappa shape index (κ3) is 8.59. The Morgan fingerprint density at radius 3 is 2.40 bits per heavy atom. The fraction of sp³-hybridized carbons (Fsp3) is 0.731. The number of rotatable bonds is 13. The van der Waals surface area contributed by atoms with Crippen LogP contribution in [0.5, 0.6) is 0 Å². The lowest BCUT2D eigenvalue weighted by Crippen LogP contribution is -2.44. The topological polar surface area (TPSA) is 201 Å². The third-order valence-electron chi connectivity index (χ3n) is 6.67. The van der Waals surface area contributed by atoms with E-state index in [1.54, 1.807) is 48.6 Å². The SMILES string of the molecule is CN(N)c1ncnc2c1ncn2[C@@H]1O[C@H](COP(=O)(OCCSC(=O)C(C)(C)C)OCCC(=O)C(C)(C)C)[C@@H](O)[C@@]1(C)O. The highest BCUT2D eigenvalue weighted by molar-refractivity contribution is 8.13. The van der Waals surface area contributed by atoms with Crippen LogP contribution in [0.15, 0.2) is 12.7 Å². The van der Waals surface area contributed by atoms with E-state index in [0.29, 0.717) is 17.0 Å². The van der Waals surface area contributed by atoms with E-state index in [1.807, 2.05) is 0 Å². The van der Waals surface area contributed by atoms with Crippen LogP contribution < -0.4 is 10.9 Å². The van der Waals surface area contributed by atoms with Crippen LogP contribution >= 0.6 is 19.6 Å². The molecule has 3 rings (SSSR count). The molecule has 1 saturated heterocycles. The molecule has 15 nitrogen and oxygen atoms in total. The van der Waals surface area contributed by atoms with Gasteiger partial charge in [0, 0.05) is 30.1 Å². The average molecular weight is 647 g/mol. The number of carbonyl (C=O) groups is 2. The van der Waals surface area contributed by atoms with Crippen LogP contribution in [-0.4, -0.2) is 91.1 Å². The van der Waals surface area contributed by atoms with Gasteiger partial charge in [0.2, 0.25) is 0 Å². The standard InChI is InChI=1S/C26H43N6O9PS/c1-24(2,3)17(33)9-10-38-42(37,39-11-12-43-23(35)25(4,5)6)40-13-16-19(34)26(7,36)22(41-16)32-15-30-18-20(31(8)27)28-14-29-21(18)32/h14-16,19,22,34,36H,9-13,27H2,1-8H3/t16-,19-,22-,26-,42?/m1/s1.